The van der Waals surface area contributed by atoms with Gasteiger partial charge in [0.15, 0.2) is 0 Å². The molecule has 0 fully saturated rings. The third-order valence-corrected chi connectivity index (χ3v) is 3.49. The highest BCUT2D eigenvalue weighted by atomic mass is 16.1. The summed E-state index contributed by atoms with van der Waals surface area (Å²) in [5, 5.41) is 3.27. The molecule has 0 spiro atoms. The predicted molar refractivity (Wildman–Crippen MR) is 81.6 cm³/mol. The van der Waals surface area contributed by atoms with Crippen molar-refractivity contribution in [3.05, 3.63) is 40.3 Å². The van der Waals surface area contributed by atoms with Crippen molar-refractivity contribution in [1.29, 1.82) is 0 Å². The van der Waals surface area contributed by atoms with E-state index in [0.717, 1.165) is 36.0 Å². The standard InChI is InChI=1S/C15H22N4O/c1-3-12(16)6-7-17-10-19-14-8-11(2)4-5-13(14)18-9-15(19)20/h4-5,8-9,12,17H,3,6-7,10,16H2,1-2H3. The third-order valence-electron chi connectivity index (χ3n) is 3.49. The summed E-state index contributed by atoms with van der Waals surface area (Å²) in [5.41, 5.74) is 8.60. The second kappa shape index (κ2) is 6.63. The molecule has 1 heterocycles. The van der Waals surface area contributed by atoms with Crippen LogP contribution in [0, 0.1) is 6.92 Å². The summed E-state index contributed by atoms with van der Waals surface area (Å²) in [4.78, 5) is 16.1. The van der Waals surface area contributed by atoms with Gasteiger partial charge in [-0.3, -0.25) is 14.7 Å². The fourth-order valence-corrected chi connectivity index (χ4v) is 2.12. The number of hydrogen-bond acceptors (Lipinski definition) is 4. The monoisotopic (exact) mass is 274 g/mol. The van der Waals surface area contributed by atoms with Crippen molar-refractivity contribution in [2.24, 2.45) is 5.73 Å². The van der Waals surface area contributed by atoms with Crippen LogP contribution in [0.4, 0.5) is 0 Å². The summed E-state index contributed by atoms with van der Waals surface area (Å²) in [7, 11) is 0. The van der Waals surface area contributed by atoms with Gasteiger partial charge in [0.25, 0.3) is 5.56 Å². The Balaban J connectivity index is 2.14. The average molecular weight is 274 g/mol. The fraction of sp³-hybridized carbons (Fsp3) is 0.467. The number of aryl methyl sites for hydroxylation is 1. The molecule has 1 unspecified atom stereocenters. The second-order valence-electron chi connectivity index (χ2n) is 5.13. The van der Waals surface area contributed by atoms with Crippen LogP contribution in [0.5, 0.6) is 0 Å². The topological polar surface area (TPSA) is 72.9 Å². The molecule has 0 aliphatic heterocycles. The summed E-state index contributed by atoms with van der Waals surface area (Å²) < 4.78 is 1.72. The highest BCUT2D eigenvalue weighted by Crippen LogP contribution is 2.11. The maximum atomic E-state index is 12.0. The van der Waals surface area contributed by atoms with E-state index in [9.17, 15) is 4.79 Å². The minimum atomic E-state index is -0.0876. The highest BCUT2D eigenvalue weighted by molar-refractivity contribution is 5.75. The molecule has 0 bridgehead atoms. The molecule has 108 valence electrons. The van der Waals surface area contributed by atoms with E-state index in [0.29, 0.717) is 6.67 Å². The van der Waals surface area contributed by atoms with Crippen molar-refractivity contribution in [3.8, 4) is 0 Å². The fourth-order valence-electron chi connectivity index (χ4n) is 2.12. The Morgan fingerprint density at radius 3 is 3.00 bits per heavy atom. The molecule has 0 aliphatic rings. The number of nitrogens with two attached hydrogens (primary N) is 1. The lowest BCUT2D eigenvalue weighted by molar-refractivity contribution is 0.502. The number of aromatic nitrogens is 2. The molecule has 0 saturated carbocycles. The van der Waals surface area contributed by atoms with E-state index >= 15 is 0 Å². The number of nitrogens with one attached hydrogen (secondary N) is 1. The summed E-state index contributed by atoms with van der Waals surface area (Å²) in [6.45, 7) is 5.37. The summed E-state index contributed by atoms with van der Waals surface area (Å²) in [6, 6.07) is 6.14. The predicted octanol–water partition coefficient (Wildman–Crippen LogP) is 1.38. The Morgan fingerprint density at radius 2 is 2.25 bits per heavy atom. The van der Waals surface area contributed by atoms with Gasteiger partial charge in [-0.15, -0.1) is 0 Å². The van der Waals surface area contributed by atoms with E-state index in [2.05, 4.69) is 17.2 Å². The molecule has 20 heavy (non-hydrogen) atoms. The van der Waals surface area contributed by atoms with Gasteiger partial charge in [0.05, 0.1) is 23.9 Å². The van der Waals surface area contributed by atoms with Crippen LogP contribution >= 0.6 is 0 Å². The van der Waals surface area contributed by atoms with Crippen LogP contribution in [-0.4, -0.2) is 22.1 Å². The van der Waals surface area contributed by atoms with Crippen molar-refractivity contribution in [2.45, 2.75) is 39.4 Å². The van der Waals surface area contributed by atoms with Crippen LogP contribution in [0.15, 0.2) is 29.2 Å². The van der Waals surface area contributed by atoms with Crippen molar-refractivity contribution < 1.29 is 0 Å². The lowest BCUT2D eigenvalue weighted by Gasteiger charge is -2.13. The molecular weight excluding hydrogens is 252 g/mol. The molecule has 0 radical (unpaired) electrons. The number of fused-ring (bicyclic) bond motifs is 1. The minimum Gasteiger partial charge on any atom is -0.328 e. The molecule has 2 rings (SSSR count). The Morgan fingerprint density at radius 1 is 1.45 bits per heavy atom. The van der Waals surface area contributed by atoms with E-state index in [1.54, 1.807) is 4.57 Å². The molecule has 5 nitrogen and oxygen atoms in total. The zero-order valence-electron chi connectivity index (χ0n) is 12.1. The minimum absolute atomic E-state index is 0.0876. The Hall–Kier alpha value is -1.72. The first-order chi connectivity index (χ1) is 9.61. The lowest BCUT2D eigenvalue weighted by atomic mass is 10.2. The van der Waals surface area contributed by atoms with Crippen LogP contribution < -0.4 is 16.6 Å². The van der Waals surface area contributed by atoms with Crippen LogP contribution in [0.1, 0.15) is 25.3 Å². The SMILES string of the molecule is CCC(N)CCNCn1c(=O)cnc2ccc(C)cc21. The summed E-state index contributed by atoms with van der Waals surface area (Å²) in [5.74, 6) is 0. The van der Waals surface area contributed by atoms with Gasteiger partial charge in [0.2, 0.25) is 0 Å². The molecule has 1 aromatic heterocycles. The van der Waals surface area contributed by atoms with Gasteiger partial charge in [-0.25, -0.2) is 4.98 Å². The Labute approximate surface area is 118 Å². The molecule has 5 heteroatoms. The van der Waals surface area contributed by atoms with Crippen LogP contribution in [0.25, 0.3) is 11.0 Å². The maximum Gasteiger partial charge on any atom is 0.270 e. The quantitative estimate of drug-likeness (QED) is 0.781. The lowest BCUT2D eigenvalue weighted by Crippen LogP contribution is -2.31. The number of rotatable bonds is 6. The Bertz CT molecular complexity index is 635. The van der Waals surface area contributed by atoms with Gasteiger partial charge >= 0.3 is 0 Å². The van der Waals surface area contributed by atoms with Crippen molar-refractivity contribution in [1.82, 2.24) is 14.9 Å². The molecular formula is C15H22N4O. The van der Waals surface area contributed by atoms with Crippen LogP contribution in [0.2, 0.25) is 0 Å². The van der Waals surface area contributed by atoms with Gasteiger partial charge in [-0.1, -0.05) is 13.0 Å². The molecule has 0 saturated heterocycles. The normalized spacial score (nSPS) is 12.8. The number of nitrogens with zero attached hydrogens (tertiary/aromatic N) is 2. The van der Waals surface area contributed by atoms with E-state index in [1.165, 1.54) is 6.20 Å². The molecule has 1 atom stereocenters. The highest BCUT2D eigenvalue weighted by Gasteiger charge is 2.04. The second-order valence-corrected chi connectivity index (χ2v) is 5.13. The van der Waals surface area contributed by atoms with E-state index < -0.39 is 0 Å². The Kier molecular flexibility index (Phi) is 4.87. The van der Waals surface area contributed by atoms with Crippen LogP contribution in [0.3, 0.4) is 0 Å². The van der Waals surface area contributed by atoms with Crippen molar-refractivity contribution >= 4 is 11.0 Å². The zero-order valence-corrected chi connectivity index (χ0v) is 12.1. The average Bonchev–Trinajstić information content (AvgIpc) is 2.45. The molecule has 0 amide bonds. The van der Waals surface area contributed by atoms with E-state index in [-0.39, 0.29) is 11.6 Å². The van der Waals surface area contributed by atoms with Gasteiger partial charge in [0.1, 0.15) is 0 Å². The largest absolute Gasteiger partial charge is 0.328 e. The molecule has 1 aromatic carbocycles. The summed E-state index contributed by atoms with van der Waals surface area (Å²) in [6.07, 6.45) is 3.25. The molecule has 0 aliphatic carbocycles. The van der Waals surface area contributed by atoms with Gasteiger partial charge < -0.3 is 5.73 Å². The molecule has 3 N–H and O–H groups in total. The van der Waals surface area contributed by atoms with Gasteiger partial charge in [-0.05, 0) is 44.0 Å². The van der Waals surface area contributed by atoms with E-state index in [4.69, 9.17) is 5.73 Å². The molecule has 2 aromatic rings. The number of benzene rings is 1. The van der Waals surface area contributed by atoms with Gasteiger partial charge in [0, 0.05) is 6.04 Å². The summed E-state index contributed by atoms with van der Waals surface area (Å²) >= 11 is 0. The third kappa shape index (κ3) is 3.43. The first-order valence-corrected chi connectivity index (χ1v) is 7.04. The first kappa shape index (κ1) is 14.7. The number of hydrogen-bond donors (Lipinski definition) is 2. The smallest absolute Gasteiger partial charge is 0.270 e. The zero-order chi connectivity index (χ0) is 14.5. The van der Waals surface area contributed by atoms with Crippen LogP contribution in [-0.2, 0) is 6.67 Å². The van der Waals surface area contributed by atoms with Crippen molar-refractivity contribution in [3.63, 3.8) is 0 Å². The first-order valence-electron chi connectivity index (χ1n) is 7.04. The maximum absolute atomic E-state index is 12.0. The van der Waals surface area contributed by atoms with Crippen molar-refractivity contribution in [2.75, 3.05) is 6.54 Å². The van der Waals surface area contributed by atoms with E-state index in [1.807, 2.05) is 25.1 Å². The van der Waals surface area contributed by atoms with Gasteiger partial charge in [-0.2, -0.15) is 0 Å².